The molecule has 0 atom stereocenters. The molecule has 0 fully saturated rings. The van der Waals surface area contributed by atoms with Crippen LogP contribution < -0.4 is 0 Å². The molecule has 0 amide bonds. The number of aromatic nitrogens is 4. The molecule has 219 valence electrons. The van der Waals surface area contributed by atoms with Crippen molar-refractivity contribution in [3.8, 4) is 0 Å². The van der Waals surface area contributed by atoms with E-state index < -0.39 is 0 Å². The van der Waals surface area contributed by atoms with E-state index in [0.717, 1.165) is 68.4 Å². The van der Waals surface area contributed by atoms with Crippen LogP contribution in [0.5, 0.6) is 0 Å². The number of nitrogens with one attached hydrogen (secondary N) is 1. The number of hydrogen-bond acceptors (Lipinski definition) is 2. The van der Waals surface area contributed by atoms with Crippen molar-refractivity contribution in [2.24, 2.45) is 0 Å². The van der Waals surface area contributed by atoms with Gasteiger partial charge < -0.3 is 9.55 Å². The van der Waals surface area contributed by atoms with Gasteiger partial charge in [-0.25, -0.2) is 9.97 Å². The third kappa shape index (κ3) is 5.17. The fourth-order valence-corrected chi connectivity index (χ4v) is 7.06. The van der Waals surface area contributed by atoms with Crippen LogP contribution in [0.3, 0.4) is 0 Å². The van der Waals surface area contributed by atoms with Crippen LogP contribution in [0.15, 0.2) is 18.2 Å². The Morgan fingerprint density at radius 1 is 0.610 bits per heavy atom. The van der Waals surface area contributed by atoms with Crippen molar-refractivity contribution in [1.29, 1.82) is 0 Å². The Kier molecular flexibility index (Phi) is 9.82. The fraction of sp³-hybridized carbons (Fsp3) is 0.444. The molecule has 8 bridgehead atoms. The maximum atomic E-state index is 5.61. The van der Waals surface area contributed by atoms with Gasteiger partial charge in [0, 0.05) is 34.2 Å². The molecule has 5 heterocycles. The van der Waals surface area contributed by atoms with E-state index in [-0.39, 0.29) is 17.1 Å². The molecule has 2 aliphatic heterocycles. The van der Waals surface area contributed by atoms with Crippen LogP contribution in [-0.4, -0.2) is 19.5 Å². The molecule has 2 aliphatic rings. The molecule has 5 heteroatoms. The predicted molar refractivity (Wildman–Crippen MR) is 174 cm³/mol. The zero-order chi connectivity index (χ0) is 28.6. The van der Waals surface area contributed by atoms with Gasteiger partial charge in [-0.1, -0.05) is 48.5 Å². The SMILES string of the molecule is CCC1=C(CC)c2nc1c(CC)c1[nH]c(cc3nc(cc4c(CC)c(CC)c(c2CC)n4CC)C=C3)cc1CC.[Cu+2]. The zero-order valence-electron chi connectivity index (χ0n) is 26.2. The normalized spacial score (nSPS) is 12.8. The second-order valence-electron chi connectivity index (χ2n) is 10.8. The molecule has 0 saturated carbocycles. The van der Waals surface area contributed by atoms with Gasteiger partial charge in [0.15, 0.2) is 0 Å². The molecule has 3 aromatic rings. The summed E-state index contributed by atoms with van der Waals surface area (Å²) in [5.41, 5.74) is 19.3. The quantitative estimate of drug-likeness (QED) is 0.206. The molecule has 1 radical (unpaired) electrons. The summed E-state index contributed by atoms with van der Waals surface area (Å²) >= 11 is 0. The van der Waals surface area contributed by atoms with Crippen LogP contribution >= 0.6 is 0 Å². The van der Waals surface area contributed by atoms with Crippen LogP contribution in [0, 0.1) is 0 Å². The van der Waals surface area contributed by atoms with E-state index in [0.29, 0.717) is 0 Å². The first kappa shape index (κ1) is 31.1. The van der Waals surface area contributed by atoms with Crippen LogP contribution in [-0.2, 0) is 55.7 Å². The second kappa shape index (κ2) is 13.0. The van der Waals surface area contributed by atoms with Crippen molar-refractivity contribution < 1.29 is 17.1 Å². The first-order valence-electron chi connectivity index (χ1n) is 15.7. The van der Waals surface area contributed by atoms with Gasteiger partial charge in [0.25, 0.3) is 0 Å². The van der Waals surface area contributed by atoms with Crippen LogP contribution in [0.2, 0.25) is 0 Å². The van der Waals surface area contributed by atoms with E-state index in [2.05, 4.69) is 95.3 Å². The smallest absolute Gasteiger partial charge is 0.355 e. The minimum Gasteiger partial charge on any atom is -0.355 e. The molecule has 3 aromatic heterocycles. The molecule has 0 saturated heterocycles. The van der Waals surface area contributed by atoms with E-state index in [9.17, 15) is 0 Å². The minimum absolute atomic E-state index is 0. The molecule has 0 unspecified atom stereocenters. The van der Waals surface area contributed by atoms with Gasteiger partial charge in [0.1, 0.15) is 0 Å². The van der Waals surface area contributed by atoms with Gasteiger partial charge in [-0.3, -0.25) is 0 Å². The molecule has 5 rings (SSSR count). The van der Waals surface area contributed by atoms with Crippen molar-refractivity contribution in [3.63, 3.8) is 0 Å². The summed E-state index contributed by atoms with van der Waals surface area (Å²) in [6, 6.07) is 6.80. The number of allylic oxidation sites excluding steroid dienone is 2. The molecular formula is C36H46CuN4+2. The van der Waals surface area contributed by atoms with E-state index in [1.165, 1.54) is 66.9 Å². The molecule has 41 heavy (non-hydrogen) atoms. The van der Waals surface area contributed by atoms with Crippen LogP contribution in [0.25, 0.3) is 45.4 Å². The van der Waals surface area contributed by atoms with Crippen molar-refractivity contribution in [2.75, 3.05) is 0 Å². The van der Waals surface area contributed by atoms with Gasteiger partial charge in [0.2, 0.25) is 0 Å². The molecule has 4 nitrogen and oxygen atoms in total. The monoisotopic (exact) mass is 597 g/mol. The Morgan fingerprint density at radius 3 is 1.73 bits per heavy atom. The van der Waals surface area contributed by atoms with Gasteiger partial charge in [-0.05, 0) is 110 Å². The Labute approximate surface area is 256 Å². The van der Waals surface area contributed by atoms with E-state index in [1.807, 2.05) is 0 Å². The summed E-state index contributed by atoms with van der Waals surface area (Å²) in [6.07, 6.45) is 11.2. The second-order valence-corrected chi connectivity index (χ2v) is 10.8. The number of rotatable bonds is 8. The third-order valence-corrected chi connectivity index (χ3v) is 8.85. The number of H-pyrrole nitrogens is 1. The molecular weight excluding hydrogens is 552 g/mol. The van der Waals surface area contributed by atoms with Gasteiger partial charge in [0.05, 0.1) is 28.3 Å². The molecule has 1 N–H and O–H groups in total. The number of fused-ring (bicyclic) bond motifs is 8. The Bertz CT molecular complexity index is 1680. The summed E-state index contributed by atoms with van der Waals surface area (Å²) in [5, 5.41) is 0. The van der Waals surface area contributed by atoms with Crippen molar-refractivity contribution in [2.45, 2.75) is 107 Å². The fourth-order valence-electron chi connectivity index (χ4n) is 7.06. The average molecular weight is 598 g/mol. The first-order chi connectivity index (χ1) is 19.5. The molecule has 0 aliphatic carbocycles. The summed E-state index contributed by atoms with van der Waals surface area (Å²) in [6.45, 7) is 19.2. The predicted octanol–water partition coefficient (Wildman–Crippen LogP) is 9.52. The van der Waals surface area contributed by atoms with E-state index in [4.69, 9.17) is 9.97 Å². The first-order valence-corrected chi connectivity index (χ1v) is 15.7. The van der Waals surface area contributed by atoms with Crippen molar-refractivity contribution >= 4 is 45.4 Å². The van der Waals surface area contributed by atoms with Gasteiger partial charge >= 0.3 is 17.1 Å². The van der Waals surface area contributed by atoms with Crippen LogP contribution in [0.1, 0.15) is 119 Å². The largest absolute Gasteiger partial charge is 2.00 e. The summed E-state index contributed by atoms with van der Waals surface area (Å²) in [4.78, 5) is 14.4. The maximum Gasteiger partial charge on any atom is 2.00 e. The number of aromatic amines is 1. The Balaban J connectivity index is 0.00000387. The van der Waals surface area contributed by atoms with Crippen LogP contribution in [0.4, 0.5) is 0 Å². The van der Waals surface area contributed by atoms with Gasteiger partial charge in [-0.2, -0.15) is 0 Å². The van der Waals surface area contributed by atoms with Crippen molar-refractivity contribution in [3.05, 3.63) is 68.8 Å². The number of aryl methyl sites for hydroxylation is 6. The standard InChI is InChI=1S/C36H46N4.Cu/c1-9-22-19-25-20-23-17-18-24(37-23)21-32-26(10-2)29(13-5)36(40(32)16-8)31(15-7)35-28(12-4)27(11-3)34(39-35)30(14-6)33(22)38-25;/h17-21,38H,9-16H2,1-8H3;/q;+2. The van der Waals surface area contributed by atoms with E-state index >= 15 is 0 Å². The summed E-state index contributed by atoms with van der Waals surface area (Å²) in [5.74, 6) is 0. The Morgan fingerprint density at radius 2 is 1.20 bits per heavy atom. The molecule has 0 aromatic carbocycles. The molecule has 0 spiro atoms. The average Bonchev–Trinajstić information content (AvgIpc) is 3.73. The van der Waals surface area contributed by atoms with E-state index in [1.54, 1.807) is 0 Å². The topological polar surface area (TPSA) is 46.5 Å². The minimum atomic E-state index is 0. The van der Waals surface area contributed by atoms with Gasteiger partial charge in [-0.15, -0.1) is 0 Å². The maximum absolute atomic E-state index is 5.61. The zero-order valence-corrected chi connectivity index (χ0v) is 27.1. The summed E-state index contributed by atoms with van der Waals surface area (Å²) in [7, 11) is 0. The van der Waals surface area contributed by atoms with Crippen molar-refractivity contribution in [1.82, 2.24) is 19.5 Å². The number of nitrogens with zero attached hydrogens (tertiary/aromatic N) is 3. The summed E-state index contributed by atoms with van der Waals surface area (Å²) < 4.78 is 2.55. The third-order valence-electron chi connectivity index (χ3n) is 8.85. The Hall–Kier alpha value is -2.88. The number of hydrogen-bond donors (Lipinski definition) is 1.